The summed E-state index contributed by atoms with van der Waals surface area (Å²) in [4.78, 5) is 0.362. The number of aryl methyl sites for hydroxylation is 1. The molecule has 0 N–H and O–H groups in total. The number of nitrogens with zero attached hydrogens (tertiary/aromatic N) is 1. The molecule has 2 rings (SSSR count). The van der Waals surface area contributed by atoms with E-state index in [9.17, 15) is 8.42 Å². The first-order valence-corrected chi connectivity index (χ1v) is 9.56. The van der Waals surface area contributed by atoms with Gasteiger partial charge in [-0.2, -0.15) is 15.6 Å². The largest absolute Gasteiger partial charge is 0.243 e. The molecule has 0 amide bonds. The van der Waals surface area contributed by atoms with Crippen LogP contribution >= 0.6 is 22.9 Å². The van der Waals surface area contributed by atoms with Gasteiger partial charge >= 0.3 is 0 Å². The summed E-state index contributed by atoms with van der Waals surface area (Å²) in [5, 5.41) is 3.91. The van der Waals surface area contributed by atoms with Crippen LogP contribution in [0.5, 0.6) is 0 Å². The Hall–Kier alpha value is -0.880. The maximum Gasteiger partial charge on any atom is 0.243 e. The van der Waals surface area contributed by atoms with Gasteiger partial charge in [0.25, 0.3) is 0 Å². The van der Waals surface area contributed by atoms with E-state index in [1.807, 2.05) is 35.9 Å². The molecule has 21 heavy (non-hydrogen) atoms. The van der Waals surface area contributed by atoms with E-state index in [-0.39, 0.29) is 0 Å². The maximum atomic E-state index is 12.8. The third-order valence-electron chi connectivity index (χ3n) is 3.34. The Morgan fingerprint density at radius 2 is 2.00 bits per heavy atom. The van der Waals surface area contributed by atoms with Crippen molar-refractivity contribution in [3.8, 4) is 0 Å². The first kappa shape index (κ1) is 16.5. The van der Waals surface area contributed by atoms with Gasteiger partial charge in [0, 0.05) is 19.5 Å². The molecule has 0 aliphatic rings. The second kappa shape index (κ2) is 6.92. The van der Waals surface area contributed by atoms with Crippen LogP contribution < -0.4 is 0 Å². The Labute approximate surface area is 135 Å². The van der Waals surface area contributed by atoms with Gasteiger partial charge < -0.3 is 0 Å². The average molecular weight is 344 g/mol. The Balaban J connectivity index is 2.38. The van der Waals surface area contributed by atoms with Crippen LogP contribution in [0, 0.1) is 0 Å². The SMILES string of the molecule is CCc1ccc(CCl)cc1S(=O)(=O)N(C)Cc1ccsc1. The van der Waals surface area contributed by atoms with Crippen molar-refractivity contribution in [2.45, 2.75) is 30.7 Å². The minimum absolute atomic E-state index is 0.306. The molecule has 0 unspecified atom stereocenters. The van der Waals surface area contributed by atoms with Gasteiger partial charge in [-0.15, -0.1) is 11.6 Å². The summed E-state index contributed by atoms with van der Waals surface area (Å²) in [7, 11) is -1.90. The molecule has 0 radical (unpaired) electrons. The highest BCUT2D eigenvalue weighted by Gasteiger charge is 2.24. The molecule has 1 aromatic carbocycles. The van der Waals surface area contributed by atoms with Crippen molar-refractivity contribution in [1.29, 1.82) is 0 Å². The summed E-state index contributed by atoms with van der Waals surface area (Å²) in [5.41, 5.74) is 2.63. The van der Waals surface area contributed by atoms with Gasteiger partial charge in [0.15, 0.2) is 0 Å². The van der Waals surface area contributed by atoms with E-state index < -0.39 is 10.0 Å². The van der Waals surface area contributed by atoms with E-state index in [0.29, 0.717) is 23.7 Å². The highest BCUT2D eigenvalue weighted by molar-refractivity contribution is 7.89. The standard InChI is InChI=1S/C15H18ClNO2S2/c1-3-14-5-4-12(9-16)8-15(14)21(18,19)17(2)10-13-6-7-20-11-13/h4-8,11H,3,9-10H2,1-2H3. The lowest BCUT2D eigenvalue weighted by Crippen LogP contribution is -2.27. The zero-order chi connectivity index (χ0) is 15.5. The van der Waals surface area contributed by atoms with E-state index in [4.69, 9.17) is 11.6 Å². The zero-order valence-electron chi connectivity index (χ0n) is 12.0. The van der Waals surface area contributed by atoms with Gasteiger partial charge in [-0.05, 0) is 46.0 Å². The normalized spacial score (nSPS) is 12.0. The Kier molecular flexibility index (Phi) is 5.43. The van der Waals surface area contributed by atoms with Gasteiger partial charge in [-0.1, -0.05) is 19.1 Å². The van der Waals surface area contributed by atoms with Crippen LogP contribution in [0.3, 0.4) is 0 Å². The predicted molar refractivity (Wildman–Crippen MR) is 88.3 cm³/mol. The third-order valence-corrected chi connectivity index (χ3v) is 6.27. The molecule has 114 valence electrons. The summed E-state index contributed by atoms with van der Waals surface area (Å²) in [5.74, 6) is 0.306. The molecule has 0 bridgehead atoms. The molecule has 1 heterocycles. The maximum absolute atomic E-state index is 12.8. The highest BCUT2D eigenvalue weighted by Crippen LogP contribution is 2.24. The molecule has 0 fully saturated rings. The minimum Gasteiger partial charge on any atom is -0.207 e. The number of hydrogen-bond acceptors (Lipinski definition) is 3. The number of rotatable bonds is 6. The fraction of sp³-hybridized carbons (Fsp3) is 0.333. The van der Waals surface area contributed by atoms with E-state index in [1.165, 1.54) is 4.31 Å². The topological polar surface area (TPSA) is 37.4 Å². The summed E-state index contributed by atoms with van der Waals surface area (Å²) >= 11 is 7.39. The molecular weight excluding hydrogens is 326 g/mol. The molecule has 0 spiro atoms. The predicted octanol–water partition coefficient (Wildman–Crippen LogP) is 3.87. The van der Waals surface area contributed by atoms with Crippen LogP contribution in [0.4, 0.5) is 0 Å². The van der Waals surface area contributed by atoms with Crippen LogP contribution in [0.25, 0.3) is 0 Å². The number of alkyl halides is 1. The van der Waals surface area contributed by atoms with Crippen molar-refractivity contribution < 1.29 is 8.42 Å². The quantitative estimate of drug-likeness (QED) is 0.747. The lowest BCUT2D eigenvalue weighted by atomic mass is 10.1. The Bertz CT molecular complexity index is 696. The van der Waals surface area contributed by atoms with Crippen molar-refractivity contribution in [3.05, 3.63) is 51.7 Å². The monoisotopic (exact) mass is 343 g/mol. The minimum atomic E-state index is -3.51. The lowest BCUT2D eigenvalue weighted by molar-refractivity contribution is 0.466. The van der Waals surface area contributed by atoms with Crippen molar-refractivity contribution >= 4 is 33.0 Å². The van der Waals surface area contributed by atoms with Crippen molar-refractivity contribution in [3.63, 3.8) is 0 Å². The van der Waals surface area contributed by atoms with Crippen molar-refractivity contribution in [1.82, 2.24) is 4.31 Å². The van der Waals surface area contributed by atoms with Gasteiger partial charge in [-0.3, -0.25) is 0 Å². The van der Waals surface area contributed by atoms with Gasteiger partial charge in [0.2, 0.25) is 10.0 Å². The smallest absolute Gasteiger partial charge is 0.207 e. The van der Waals surface area contributed by atoms with Crippen LogP contribution in [0.1, 0.15) is 23.6 Å². The Morgan fingerprint density at radius 1 is 1.24 bits per heavy atom. The number of hydrogen-bond donors (Lipinski definition) is 0. The molecular formula is C15H18ClNO2S2. The molecule has 6 heteroatoms. The van der Waals surface area contributed by atoms with Gasteiger partial charge in [-0.25, -0.2) is 8.42 Å². The molecule has 0 saturated carbocycles. The molecule has 2 aromatic rings. The second-order valence-corrected chi connectivity index (χ2v) is 7.88. The average Bonchev–Trinajstić information content (AvgIpc) is 2.99. The van der Waals surface area contributed by atoms with E-state index >= 15 is 0 Å². The Morgan fingerprint density at radius 3 is 2.57 bits per heavy atom. The number of thiophene rings is 1. The fourth-order valence-electron chi connectivity index (χ4n) is 2.11. The van der Waals surface area contributed by atoms with Crippen LogP contribution in [-0.4, -0.2) is 19.8 Å². The first-order chi connectivity index (χ1) is 9.98. The third kappa shape index (κ3) is 3.66. The van der Waals surface area contributed by atoms with Crippen molar-refractivity contribution in [2.75, 3.05) is 7.05 Å². The summed E-state index contributed by atoms with van der Waals surface area (Å²) in [6.45, 7) is 2.33. The number of halogens is 1. The van der Waals surface area contributed by atoms with Crippen LogP contribution in [0.15, 0.2) is 39.9 Å². The number of sulfonamides is 1. The lowest BCUT2D eigenvalue weighted by Gasteiger charge is -2.19. The van der Waals surface area contributed by atoms with Gasteiger partial charge in [0.1, 0.15) is 0 Å². The summed E-state index contributed by atoms with van der Waals surface area (Å²) < 4.78 is 27.0. The number of benzene rings is 1. The fourth-order valence-corrected chi connectivity index (χ4v) is 4.43. The summed E-state index contributed by atoms with van der Waals surface area (Å²) in [6.07, 6.45) is 0.670. The summed E-state index contributed by atoms with van der Waals surface area (Å²) in [6, 6.07) is 7.35. The van der Waals surface area contributed by atoms with Crippen LogP contribution in [-0.2, 0) is 28.9 Å². The van der Waals surface area contributed by atoms with Crippen LogP contribution in [0.2, 0.25) is 0 Å². The van der Waals surface area contributed by atoms with Crippen molar-refractivity contribution in [2.24, 2.45) is 0 Å². The molecule has 0 atom stereocenters. The molecule has 3 nitrogen and oxygen atoms in total. The molecule has 0 saturated heterocycles. The molecule has 0 aliphatic carbocycles. The highest BCUT2D eigenvalue weighted by atomic mass is 35.5. The zero-order valence-corrected chi connectivity index (χ0v) is 14.4. The van der Waals surface area contributed by atoms with Gasteiger partial charge in [0.05, 0.1) is 4.90 Å². The molecule has 0 aliphatic heterocycles. The second-order valence-electron chi connectivity index (χ2n) is 4.82. The van der Waals surface area contributed by atoms with E-state index in [0.717, 1.165) is 16.7 Å². The van der Waals surface area contributed by atoms with E-state index in [1.54, 1.807) is 24.5 Å². The first-order valence-electron chi connectivity index (χ1n) is 6.64. The molecule has 1 aromatic heterocycles. The van der Waals surface area contributed by atoms with E-state index in [2.05, 4.69) is 0 Å².